The van der Waals surface area contributed by atoms with Gasteiger partial charge in [0.05, 0.1) is 6.54 Å². The molecule has 0 aromatic carbocycles. The molecule has 0 spiro atoms. The second-order valence-corrected chi connectivity index (χ2v) is 4.63. The van der Waals surface area contributed by atoms with E-state index in [1.54, 1.807) is 0 Å². The molecule has 0 atom stereocenters. The van der Waals surface area contributed by atoms with Crippen molar-refractivity contribution in [2.45, 2.75) is 38.1 Å². The predicted octanol–water partition coefficient (Wildman–Crippen LogP) is 0.329. The minimum absolute atomic E-state index is 0.201. The number of amides is 1. The number of nitrogens with one attached hydrogen (secondary N) is 1. The van der Waals surface area contributed by atoms with E-state index in [0.29, 0.717) is 12.5 Å². The number of hydrogen-bond donors (Lipinski definition) is 2. The summed E-state index contributed by atoms with van der Waals surface area (Å²) in [6, 6.07) is 0.609. The van der Waals surface area contributed by atoms with Gasteiger partial charge in [-0.15, -0.1) is 6.42 Å². The Morgan fingerprint density at radius 3 is 2.71 bits per heavy atom. The van der Waals surface area contributed by atoms with Gasteiger partial charge in [-0.3, -0.25) is 9.69 Å². The number of carbonyl (C=O) groups excluding carboxylic acids is 1. The third kappa shape index (κ3) is 6.30. The maximum atomic E-state index is 10.5. The van der Waals surface area contributed by atoms with Crippen LogP contribution in [0.1, 0.15) is 32.1 Å². The summed E-state index contributed by atoms with van der Waals surface area (Å²) in [6.07, 6.45) is 10.0. The molecule has 4 heteroatoms. The highest BCUT2D eigenvalue weighted by molar-refractivity contribution is 5.73. The van der Waals surface area contributed by atoms with E-state index in [-0.39, 0.29) is 5.91 Å². The SMILES string of the molecule is C#CCN1CCC(NCCCCC(N)=O)CC1. The molecule has 17 heavy (non-hydrogen) atoms. The number of primary amides is 1. The summed E-state index contributed by atoms with van der Waals surface area (Å²) in [4.78, 5) is 12.9. The first-order valence-electron chi connectivity index (χ1n) is 6.40. The van der Waals surface area contributed by atoms with Crippen molar-refractivity contribution >= 4 is 5.91 Å². The first-order valence-corrected chi connectivity index (χ1v) is 6.40. The highest BCUT2D eigenvalue weighted by Crippen LogP contribution is 2.09. The van der Waals surface area contributed by atoms with Crippen molar-refractivity contribution < 1.29 is 4.79 Å². The zero-order chi connectivity index (χ0) is 12.5. The van der Waals surface area contributed by atoms with Crippen LogP contribution in [0.3, 0.4) is 0 Å². The molecule has 1 amide bonds. The summed E-state index contributed by atoms with van der Waals surface area (Å²) in [7, 11) is 0. The van der Waals surface area contributed by atoms with E-state index >= 15 is 0 Å². The number of hydrogen-bond acceptors (Lipinski definition) is 3. The van der Waals surface area contributed by atoms with Crippen molar-refractivity contribution in [1.82, 2.24) is 10.2 Å². The topological polar surface area (TPSA) is 58.4 Å². The maximum Gasteiger partial charge on any atom is 0.217 e. The first-order chi connectivity index (χ1) is 8.22. The molecule has 1 heterocycles. The molecule has 0 aromatic rings. The van der Waals surface area contributed by atoms with E-state index in [4.69, 9.17) is 12.2 Å². The zero-order valence-electron chi connectivity index (χ0n) is 10.5. The lowest BCUT2D eigenvalue weighted by Gasteiger charge is -2.31. The van der Waals surface area contributed by atoms with Gasteiger partial charge in [-0.2, -0.15) is 0 Å². The number of carbonyl (C=O) groups is 1. The summed E-state index contributed by atoms with van der Waals surface area (Å²) in [5.74, 6) is 2.48. The van der Waals surface area contributed by atoms with Crippen molar-refractivity contribution in [3.05, 3.63) is 0 Å². The number of likely N-dealkylation sites (tertiary alicyclic amines) is 1. The molecule has 1 saturated heterocycles. The number of nitrogens with two attached hydrogens (primary N) is 1. The van der Waals surface area contributed by atoms with Crippen molar-refractivity contribution in [3.63, 3.8) is 0 Å². The Hall–Kier alpha value is -1.05. The Bertz CT molecular complexity index is 264. The molecular formula is C13H23N3O. The molecule has 1 rings (SSSR count). The van der Waals surface area contributed by atoms with E-state index < -0.39 is 0 Å². The molecule has 1 fully saturated rings. The number of terminal acetylenes is 1. The number of unbranched alkanes of at least 4 members (excludes halogenated alkanes) is 1. The molecule has 0 bridgehead atoms. The molecule has 96 valence electrons. The van der Waals surface area contributed by atoms with Crippen LogP contribution in [0, 0.1) is 12.3 Å². The molecule has 1 aliphatic heterocycles. The van der Waals surface area contributed by atoms with Crippen LogP contribution in [-0.4, -0.2) is 43.0 Å². The Morgan fingerprint density at radius 1 is 1.41 bits per heavy atom. The van der Waals surface area contributed by atoms with Crippen LogP contribution in [0.15, 0.2) is 0 Å². The van der Waals surface area contributed by atoms with E-state index in [9.17, 15) is 4.79 Å². The molecule has 4 nitrogen and oxygen atoms in total. The van der Waals surface area contributed by atoms with Crippen molar-refractivity contribution in [2.75, 3.05) is 26.2 Å². The van der Waals surface area contributed by atoms with Gasteiger partial charge < -0.3 is 11.1 Å². The van der Waals surface area contributed by atoms with Gasteiger partial charge in [0, 0.05) is 25.6 Å². The van der Waals surface area contributed by atoms with Crippen LogP contribution in [-0.2, 0) is 4.79 Å². The largest absolute Gasteiger partial charge is 0.370 e. The summed E-state index contributed by atoms with van der Waals surface area (Å²) >= 11 is 0. The normalized spacial score (nSPS) is 17.8. The molecule has 0 unspecified atom stereocenters. The number of rotatable bonds is 7. The van der Waals surface area contributed by atoms with Gasteiger partial charge >= 0.3 is 0 Å². The molecule has 0 aliphatic carbocycles. The Balaban J connectivity index is 1.99. The van der Waals surface area contributed by atoms with Crippen molar-refractivity contribution in [1.29, 1.82) is 0 Å². The second kappa shape index (κ2) is 8.10. The third-order valence-electron chi connectivity index (χ3n) is 3.19. The standard InChI is InChI=1S/C13H23N3O/c1-2-9-16-10-6-12(7-11-16)15-8-4-3-5-13(14)17/h1,12,15H,3-11H2,(H2,14,17). The van der Waals surface area contributed by atoms with Crippen molar-refractivity contribution in [2.24, 2.45) is 5.73 Å². The van der Waals surface area contributed by atoms with E-state index in [2.05, 4.69) is 16.1 Å². The average molecular weight is 237 g/mol. The van der Waals surface area contributed by atoms with Gasteiger partial charge in [0.25, 0.3) is 0 Å². The van der Waals surface area contributed by atoms with Gasteiger partial charge in [-0.05, 0) is 32.2 Å². The second-order valence-electron chi connectivity index (χ2n) is 4.63. The molecule has 1 aliphatic rings. The highest BCUT2D eigenvalue weighted by atomic mass is 16.1. The van der Waals surface area contributed by atoms with Crippen molar-refractivity contribution in [3.8, 4) is 12.3 Å². The molecule has 3 N–H and O–H groups in total. The summed E-state index contributed by atoms with van der Waals surface area (Å²) in [6.45, 7) is 3.92. The molecule has 0 radical (unpaired) electrons. The summed E-state index contributed by atoms with van der Waals surface area (Å²) in [5, 5.41) is 3.53. The van der Waals surface area contributed by atoms with Crippen LogP contribution in [0.2, 0.25) is 0 Å². The summed E-state index contributed by atoms with van der Waals surface area (Å²) in [5.41, 5.74) is 5.08. The van der Waals surface area contributed by atoms with Crippen LogP contribution >= 0.6 is 0 Å². The van der Waals surface area contributed by atoms with Crippen LogP contribution in [0.4, 0.5) is 0 Å². The maximum absolute atomic E-state index is 10.5. The summed E-state index contributed by atoms with van der Waals surface area (Å²) < 4.78 is 0. The van der Waals surface area contributed by atoms with Gasteiger partial charge in [-0.1, -0.05) is 5.92 Å². The van der Waals surface area contributed by atoms with E-state index in [1.165, 1.54) is 0 Å². The highest BCUT2D eigenvalue weighted by Gasteiger charge is 2.17. The van der Waals surface area contributed by atoms with Crippen LogP contribution in [0.25, 0.3) is 0 Å². The van der Waals surface area contributed by atoms with Crippen LogP contribution < -0.4 is 11.1 Å². The first kappa shape index (κ1) is 14.0. The smallest absolute Gasteiger partial charge is 0.217 e. The molecule has 0 saturated carbocycles. The Kier molecular flexibility index (Phi) is 6.68. The average Bonchev–Trinajstić information content (AvgIpc) is 2.31. The van der Waals surface area contributed by atoms with E-state index in [0.717, 1.165) is 51.9 Å². The van der Waals surface area contributed by atoms with Gasteiger partial charge in [-0.25, -0.2) is 0 Å². The lowest BCUT2D eigenvalue weighted by molar-refractivity contribution is -0.118. The van der Waals surface area contributed by atoms with Gasteiger partial charge in [0.2, 0.25) is 5.91 Å². The monoisotopic (exact) mass is 237 g/mol. The van der Waals surface area contributed by atoms with Gasteiger partial charge in [0.1, 0.15) is 0 Å². The fourth-order valence-electron chi connectivity index (χ4n) is 2.15. The van der Waals surface area contributed by atoms with E-state index in [1.807, 2.05) is 0 Å². The Morgan fingerprint density at radius 2 is 2.12 bits per heavy atom. The fourth-order valence-corrected chi connectivity index (χ4v) is 2.15. The lowest BCUT2D eigenvalue weighted by Crippen LogP contribution is -2.42. The van der Waals surface area contributed by atoms with Crippen LogP contribution in [0.5, 0.6) is 0 Å². The Labute approximate surface area is 104 Å². The van der Waals surface area contributed by atoms with Gasteiger partial charge in [0.15, 0.2) is 0 Å². The molecule has 0 aromatic heterocycles. The molecular weight excluding hydrogens is 214 g/mol. The predicted molar refractivity (Wildman–Crippen MR) is 69.3 cm³/mol. The minimum Gasteiger partial charge on any atom is -0.370 e. The fraction of sp³-hybridized carbons (Fsp3) is 0.769. The quantitative estimate of drug-likeness (QED) is 0.495. The zero-order valence-corrected chi connectivity index (χ0v) is 10.5. The number of piperidine rings is 1. The minimum atomic E-state index is -0.201. The third-order valence-corrected chi connectivity index (χ3v) is 3.19. The number of nitrogens with zero attached hydrogens (tertiary/aromatic N) is 1. The lowest BCUT2D eigenvalue weighted by atomic mass is 10.0.